The smallest absolute Gasteiger partial charge is 0.0336 e. The van der Waals surface area contributed by atoms with Gasteiger partial charge < -0.3 is 5.73 Å². The summed E-state index contributed by atoms with van der Waals surface area (Å²) in [5.41, 5.74) is 10.3. The second-order valence-electron chi connectivity index (χ2n) is 6.31. The molecule has 2 rings (SSSR count). The first-order valence-electron chi connectivity index (χ1n) is 6.97. The van der Waals surface area contributed by atoms with Crippen LogP contribution in [0.3, 0.4) is 0 Å². The molecule has 0 amide bonds. The first kappa shape index (κ1) is 15.3. The second kappa shape index (κ2) is 6.11. The van der Waals surface area contributed by atoms with Gasteiger partial charge in [0, 0.05) is 10.5 Å². The third-order valence-electron chi connectivity index (χ3n) is 3.55. The molecule has 20 heavy (non-hydrogen) atoms. The number of benzene rings is 2. The first-order chi connectivity index (χ1) is 9.36. The summed E-state index contributed by atoms with van der Waals surface area (Å²) in [6.07, 6.45) is 0.862. The van der Waals surface area contributed by atoms with Crippen molar-refractivity contribution in [1.82, 2.24) is 0 Å². The minimum absolute atomic E-state index is 0.0352. The van der Waals surface area contributed by atoms with Gasteiger partial charge in [0.1, 0.15) is 0 Å². The van der Waals surface area contributed by atoms with Crippen LogP contribution in [-0.2, 0) is 11.8 Å². The highest BCUT2D eigenvalue weighted by Gasteiger charge is 2.13. The van der Waals surface area contributed by atoms with E-state index in [4.69, 9.17) is 5.73 Å². The molecule has 0 aromatic heterocycles. The Hall–Kier alpha value is -1.12. The van der Waals surface area contributed by atoms with E-state index in [1.165, 1.54) is 16.7 Å². The molecule has 0 fully saturated rings. The average Bonchev–Trinajstić information content (AvgIpc) is 2.38. The Balaban J connectivity index is 2.10. The zero-order valence-electron chi connectivity index (χ0n) is 12.4. The van der Waals surface area contributed by atoms with Crippen molar-refractivity contribution in [2.45, 2.75) is 38.6 Å². The molecule has 2 N–H and O–H groups in total. The van der Waals surface area contributed by atoms with E-state index in [9.17, 15) is 0 Å². The zero-order valence-corrected chi connectivity index (χ0v) is 13.9. The molecular weight excluding hydrogens is 310 g/mol. The van der Waals surface area contributed by atoms with Gasteiger partial charge in [-0.05, 0) is 40.7 Å². The summed E-state index contributed by atoms with van der Waals surface area (Å²) in [4.78, 5) is 0. The summed E-state index contributed by atoms with van der Waals surface area (Å²) in [5, 5.41) is 0. The van der Waals surface area contributed by atoms with Gasteiger partial charge in [-0.3, -0.25) is 0 Å². The van der Waals surface area contributed by atoms with Crippen molar-refractivity contribution in [2.75, 3.05) is 0 Å². The Labute approximate surface area is 130 Å². The molecule has 1 nitrogen and oxygen atoms in total. The minimum Gasteiger partial charge on any atom is -0.324 e. The van der Waals surface area contributed by atoms with Crippen LogP contribution in [0, 0.1) is 0 Å². The van der Waals surface area contributed by atoms with Crippen LogP contribution in [0.5, 0.6) is 0 Å². The molecule has 0 heterocycles. The molecule has 0 saturated heterocycles. The van der Waals surface area contributed by atoms with Gasteiger partial charge >= 0.3 is 0 Å². The topological polar surface area (TPSA) is 26.0 Å². The van der Waals surface area contributed by atoms with Crippen LogP contribution in [-0.4, -0.2) is 0 Å². The summed E-state index contributed by atoms with van der Waals surface area (Å²) in [6.45, 7) is 6.69. The fourth-order valence-corrected chi connectivity index (χ4v) is 2.67. The maximum absolute atomic E-state index is 6.30. The number of hydrogen-bond donors (Lipinski definition) is 1. The van der Waals surface area contributed by atoms with Gasteiger partial charge in [-0.15, -0.1) is 0 Å². The number of rotatable bonds is 3. The second-order valence-corrected chi connectivity index (χ2v) is 7.23. The van der Waals surface area contributed by atoms with Crippen LogP contribution in [0.15, 0.2) is 53.0 Å². The monoisotopic (exact) mass is 331 g/mol. The van der Waals surface area contributed by atoms with Gasteiger partial charge in [-0.25, -0.2) is 0 Å². The quantitative estimate of drug-likeness (QED) is 0.842. The lowest BCUT2D eigenvalue weighted by Crippen LogP contribution is -2.14. The van der Waals surface area contributed by atoms with E-state index in [0.717, 1.165) is 10.9 Å². The van der Waals surface area contributed by atoms with E-state index in [-0.39, 0.29) is 11.5 Å². The number of hydrogen-bond acceptors (Lipinski definition) is 1. The molecule has 0 aliphatic rings. The normalized spacial score (nSPS) is 13.2. The molecule has 0 spiro atoms. The van der Waals surface area contributed by atoms with E-state index < -0.39 is 0 Å². The molecular formula is C18H22BrN. The van der Waals surface area contributed by atoms with Gasteiger partial charge in [0.2, 0.25) is 0 Å². The molecule has 1 atom stereocenters. The molecule has 0 aliphatic heterocycles. The van der Waals surface area contributed by atoms with Crippen LogP contribution in [0.2, 0.25) is 0 Å². The molecule has 0 radical (unpaired) electrons. The maximum Gasteiger partial charge on any atom is 0.0336 e. The molecule has 2 aromatic carbocycles. The summed E-state index contributed by atoms with van der Waals surface area (Å²) >= 11 is 3.49. The Morgan fingerprint density at radius 2 is 1.70 bits per heavy atom. The molecule has 1 unspecified atom stereocenters. The van der Waals surface area contributed by atoms with E-state index >= 15 is 0 Å². The Morgan fingerprint density at radius 1 is 1.05 bits per heavy atom. The van der Waals surface area contributed by atoms with Crippen molar-refractivity contribution in [2.24, 2.45) is 5.73 Å². The van der Waals surface area contributed by atoms with E-state index in [0.29, 0.717) is 0 Å². The number of nitrogens with two attached hydrogens (primary N) is 1. The van der Waals surface area contributed by atoms with Crippen LogP contribution in [0.4, 0.5) is 0 Å². The lowest BCUT2D eigenvalue weighted by molar-refractivity contribution is 0.589. The van der Waals surface area contributed by atoms with Crippen molar-refractivity contribution in [3.05, 3.63) is 69.7 Å². The Bertz CT molecular complexity index is 567. The standard InChI is InChI=1S/C18H22BrN/c1-18(2,3)15-9-7-13(8-10-15)11-17(20)14-5-4-6-16(19)12-14/h4-10,12,17H,11,20H2,1-3H3. The summed E-state index contributed by atoms with van der Waals surface area (Å²) < 4.78 is 1.08. The third kappa shape index (κ3) is 3.94. The van der Waals surface area contributed by atoms with Crippen molar-refractivity contribution >= 4 is 15.9 Å². The van der Waals surface area contributed by atoms with Crippen LogP contribution < -0.4 is 5.73 Å². The highest BCUT2D eigenvalue weighted by molar-refractivity contribution is 9.10. The highest BCUT2D eigenvalue weighted by atomic mass is 79.9. The van der Waals surface area contributed by atoms with Crippen LogP contribution >= 0.6 is 15.9 Å². The molecule has 0 saturated carbocycles. The summed E-state index contributed by atoms with van der Waals surface area (Å²) in [7, 11) is 0. The van der Waals surface area contributed by atoms with Crippen molar-refractivity contribution in [3.8, 4) is 0 Å². The van der Waals surface area contributed by atoms with Crippen LogP contribution in [0.25, 0.3) is 0 Å². The van der Waals surface area contributed by atoms with Crippen LogP contribution in [0.1, 0.15) is 43.5 Å². The summed E-state index contributed by atoms with van der Waals surface area (Å²) in [5.74, 6) is 0. The fraction of sp³-hybridized carbons (Fsp3) is 0.333. The average molecular weight is 332 g/mol. The predicted octanol–water partition coefficient (Wildman–Crippen LogP) is 4.99. The lowest BCUT2D eigenvalue weighted by Gasteiger charge is -2.19. The van der Waals surface area contributed by atoms with E-state index in [1.807, 2.05) is 12.1 Å². The van der Waals surface area contributed by atoms with Crippen molar-refractivity contribution in [1.29, 1.82) is 0 Å². The zero-order chi connectivity index (χ0) is 14.8. The van der Waals surface area contributed by atoms with E-state index in [2.05, 4.69) is 73.1 Å². The minimum atomic E-state index is 0.0352. The van der Waals surface area contributed by atoms with Gasteiger partial charge in [0.25, 0.3) is 0 Å². The van der Waals surface area contributed by atoms with Gasteiger partial charge in [-0.1, -0.05) is 73.1 Å². The summed E-state index contributed by atoms with van der Waals surface area (Å²) in [6, 6.07) is 17.1. The predicted molar refractivity (Wildman–Crippen MR) is 89.9 cm³/mol. The van der Waals surface area contributed by atoms with Crippen molar-refractivity contribution < 1.29 is 0 Å². The third-order valence-corrected chi connectivity index (χ3v) is 4.05. The van der Waals surface area contributed by atoms with Crippen molar-refractivity contribution in [3.63, 3.8) is 0 Å². The van der Waals surface area contributed by atoms with Gasteiger partial charge in [0.15, 0.2) is 0 Å². The molecule has 0 aliphatic carbocycles. The van der Waals surface area contributed by atoms with Gasteiger partial charge in [-0.2, -0.15) is 0 Å². The first-order valence-corrected chi connectivity index (χ1v) is 7.76. The fourth-order valence-electron chi connectivity index (χ4n) is 2.25. The lowest BCUT2D eigenvalue weighted by atomic mass is 9.86. The molecule has 2 aromatic rings. The number of halogens is 1. The Morgan fingerprint density at radius 3 is 2.25 bits per heavy atom. The van der Waals surface area contributed by atoms with Gasteiger partial charge in [0.05, 0.1) is 0 Å². The highest BCUT2D eigenvalue weighted by Crippen LogP contribution is 2.24. The maximum atomic E-state index is 6.30. The molecule has 2 heteroatoms. The van der Waals surface area contributed by atoms with E-state index in [1.54, 1.807) is 0 Å². The largest absolute Gasteiger partial charge is 0.324 e. The SMILES string of the molecule is CC(C)(C)c1ccc(CC(N)c2cccc(Br)c2)cc1. The Kier molecular flexibility index (Phi) is 4.66. The molecule has 0 bridgehead atoms. The molecule has 106 valence electrons.